The molecule has 19 heavy (non-hydrogen) atoms. The lowest BCUT2D eigenvalue weighted by Gasteiger charge is -2.29. The van der Waals surface area contributed by atoms with Crippen LogP contribution in [0.2, 0.25) is 0 Å². The van der Waals surface area contributed by atoms with Crippen molar-refractivity contribution in [3.63, 3.8) is 0 Å². The first-order valence-corrected chi connectivity index (χ1v) is 6.60. The second kappa shape index (κ2) is 5.74. The second-order valence-electron chi connectivity index (χ2n) is 5.08. The van der Waals surface area contributed by atoms with E-state index in [1.54, 1.807) is 0 Å². The van der Waals surface area contributed by atoms with E-state index in [1.165, 1.54) is 5.69 Å². The Morgan fingerprint density at radius 3 is 2.58 bits per heavy atom. The van der Waals surface area contributed by atoms with Crippen molar-refractivity contribution in [1.29, 1.82) is 0 Å². The number of aromatic nitrogens is 1. The van der Waals surface area contributed by atoms with Crippen molar-refractivity contribution >= 4 is 11.4 Å². The number of anilines is 2. The van der Waals surface area contributed by atoms with Crippen molar-refractivity contribution in [2.24, 2.45) is 0 Å². The molecule has 2 rings (SSSR count). The van der Waals surface area contributed by atoms with Crippen LogP contribution in [0.4, 0.5) is 11.4 Å². The Kier molecular flexibility index (Phi) is 4.05. The lowest BCUT2D eigenvalue weighted by molar-refractivity contribution is 0.682. The van der Waals surface area contributed by atoms with E-state index in [0.29, 0.717) is 6.04 Å². The van der Waals surface area contributed by atoms with Crippen LogP contribution in [0.1, 0.15) is 25.1 Å². The molecule has 0 radical (unpaired) electrons. The van der Waals surface area contributed by atoms with Gasteiger partial charge in [-0.25, -0.2) is 0 Å². The predicted molar refractivity (Wildman–Crippen MR) is 81.1 cm³/mol. The number of nitrogens with two attached hydrogens (primary N) is 1. The molecule has 0 saturated heterocycles. The molecule has 1 heterocycles. The van der Waals surface area contributed by atoms with Gasteiger partial charge in [0.1, 0.15) is 0 Å². The van der Waals surface area contributed by atoms with Gasteiger partial charge in [0, 0.05) is 35.9 Å². The summed E-state index contributed by atoms with van der Waals surface area (Å²) in [6.07, 6.45) is 1.86. The van der Waals surface area contributed by atoms with Gasteiger partial charge in [-0.05, 0) is 44.5 Å². The van der Waals surface area contributed by atoms with E-state index in [9.17, 15) is 0 Å². The normalized spacial score (nSPS) is 10.7. The summed E-state index contributed by atoms with van der Waals surface area (Å²) in [4.78, 5) is 6.59. The zero-order chi connectivity index (χ0) is 13.8. The van der Waals surface area contributed by atoms with Gasteiger partial charge < -0.3 is 10.6 Å². The van der Waals surface area contributed by atoms with Gasteiger partial charge in [0.15, 0.2) is 0 Å². The van der Waals surface area contributed by atoms with Crippen molar-refractivity contribution in [2.75, 3.05) is 10.6 Å². The van der Waals surface area contributed by atoms with Crippen LogP contribution in [0.3, 0.4) is 0 Å². The molecule has 0 saturated carbocycles. The molecule has 3 heteroatoms. The largest absolute Gasteiger partial charge is 0.398 e. The van der Waals surface area contributed by atoms with E-state index in [2.05, 4.69) is 35.9 Å². The summed E-state index contributed by atoms with van der Waals surface area (Å²) in [7, 11) is 0. The third-order valence-corrected chi connectivity index (χ3v) is 3.23. The lowest BCUT2D eigenvalue weighted by Crippen LogP contribution is -2.30. The van der Waals surface area contributed by atoms with Crippen LogP contribution in [0.25, 0.3) is 0 Å². The topological polar surface area (TPSA) is 42.1 Å². The Morgan fingerprint density at radius 1 is 1.21 bits per heavy atom. The Morgan fingerprint density at radius 2 is 1.95 bits per heavy atom. The van der Waals surface area contributed by atoms with E-state index in [0.717, 1.165) is 23.5 Å². The smallest absolute Gasteiger partial charge is 0.0452 e. The number of para-hydroxylation sites is 1. The van der Waals surface area contributed by atoms with E-state index in [4.69, 9.17) is 5.73 Å². The fourth-order valence-corrected chi connectivity index (χ4v) is 2.14. The van der Waals surface area contributed by atoms with Gasteiger partial charge >= 0.3 is 0 Å². The molecule has 0 spiro atoms. The highest BCUT2D eigenvalue weighted by Gasteiger charge is 2.12. The molecular formula is C16H21N3. The van der Waals surface area contributed by atoms with E-state index < -0.39 is 0 Å². The maximum absolute atomic E-state index is 6.04. The number of nitrogens with zero attached hydrogens (tertiary/aromatic N) is 2. The van der Waals surface area contributed by atoms with Gasteiger partial charge in [0.2, 0.25) is 0 Å². The van der Waals surface area contributed by atoms with Crippen molar-refractivity contribution in [3.8, 4) is 0 Å². The van der Waals surface area contributed by atoms with E-state index >= 15 is 0 Å². The van der Waals surface area contributed by atoms with Crippen molar-refractivity contribution in [2.45, 2.75) is 33.4 Å². The molecule has 0 unspecified atom stereocenters. The Balaban J connectivity index is 2.29. The Bertz CT molecular complexity index is 549. The molecule has 0 bridgehead atoms. The summed E-state index contributed by atoms with van der Waals surface area (Å²) >= 11 is 0. The Hall–Kier alpha value is -2.03. The molecule has 0 atom stereocenters. The summed E-state index contributed by atoms with van der Waals surface area (Å²) in [5, 5.41) is 0. The maximum atomic E-state index is 6.04. The molecule has 0 amide bonds. The molecule has 0 aliphatic rings. The predicted octanol–water partition coefficient (Wildman–Crippen LogP) is 3.39. The summed E-state index contributed by atoms with van der Waals surface area (Å²) < 4.78 is 0. The first-order valence-electron chi connectivity index (χ1n) is 6.60. The molecule has 2 N–H and O–H groups in total. The van der Waals surface area contributed by atoms with Gasteiger partial charge in [-0.15, -0.1) is 0 Å². The minimum Gasteiger partial charge on any atom is -0.398 e. The van der Waals surface area contributed by atoms with Crippen LogP contribution in [0, 0.1) is 6.92 Å². The number of hydrogen-bond donors (Lipinski definition) is 1. The van der Waals surface area contributed by atoms with Gasteiger partial charge in [-0.2, -0.15) is 0 Å². The number of rotatable bonds is 4. The van der Waals surface area contributed by atoms with Gasteiger partial charge in [0.25, 0.3) is 0 Å². The molecule has 0 aliphatic carbocycles. The molecule has 100 valence electrons. The lowest BCUT2D eigenvalue weighted by atomic mass is 10.1. The fraction of sp³-hybridized carbons (Fsp3) is 0.312. The maximum Gasteiger partial charge on any atom is 0.0452 e. The zero-order valence-corrected chi connectivity index (χ0v) is 11.8. The number of pyridine rings is 1. The number of benzene rings is 1. The summed E-state index contributed by atoms with van der Waals surface area (Å²) in [5.41, 5.74) is 10.3. The molecule has 3 nitrogen and oxygen atoms in total. The molecule has 1 aromatic heterocycles. The molecule has 0 aliphatic heterocycles. The monoisotopic (exact) mass is 255 g/mol. The van der Waals surface area contributed by atoms with E-state index in [-0.39, 0.29) is 0 Å². The zero-order valence-electron chi connectivity index (χ0n) is 11.8. The number of aryl methyl sites for hydroxylation is 1. The van der Waals surface area contributed by atoms with Crippen LogP contribution < -0.4 is 10.6 Å². The van der Waals surface area contributed by atoms with E-state index in [1.807, 2.05) is 37.4 Å². The first kappa shape index (κ1) is 13.4. The fourth-order valence-electron chi connectivity index (χ4n) is 2.14. The van der Waals surface area contributed by atoms with Crippen LogP contribution in [-0.4, -0.2) is 11.0 Å². The average molecular weight is 255 g/mol. The standard InChI is InChI=1S/C16H21N3/c1-12(2)19(15-8-9-18-13(3)10-15)11-14-6-4-5-7-16(14)17/h4-10,12H,11,17H2,1-3H3. The van der Waals surface area contributed by atoms with Crippen LogP contribution >= 0.6 is 0 Å². The minimum absolute atomic E-state index is 0.404. The quantitative estimate of drug-likeness (QED) is 0.851. The molecular weight excluding hydrogens is 234 g/mol. The summed E-state index contributed by atoms with van der Waals surface area (Å²) in [6, 6.07) is 12.6. The third kappa shape index (κ3) is 3.25. The van der Waals surface area contributed by atoms with Gasteiger partial charge in [-0.3, -0.25) is 4.98 Å². The Labute approximate surface area is 115 Å². The highest BCUT2D eigenvalue weighted by molar-refractivity contribution is 5.52. The molecule has 2 aromatic rings. The van der Waals surface area contributed by atoms with Crippen molar-refractivity contribution in [1.82, 2.24) is 4.98 Å². The number of hydrogen-bond acceptors (Lipinski definition) is 3. The molecule has 0 fully saturated rings. The van der Waals surface area contributed by atoms with Crippen LogP contribution in [0.15, 0.2) is 42.6 Å². The third-order valence-electron chi connectivity index (χ3n) is 3.23. The van der Waals surface area contributed by atoms with Crippen molar-refractivity contribution in [3.05, 3.63) is 53.9 Å². The average Bonchev–Trinajstić information content (AvgIpc) is 2.37. The SMILES string of the molecule is Cc1cc(N(Cc2ccccc2N)C(C)C)ccn1. The van der Waals surface area contributed by atoms with Crippen LogP contribution in [0.5, 0.6) is 0 Å². The van der Waals surface area contributed by atoms with Gasteiger partial charge in [0.05, 0.1) is 0 Å². The first-order chi connectivity index (χ1) is 9.08. The highest BCUT2D eigenvalue weighted by Crippen LogP contribution is 2.22. The highest BCUT2D eigenvalue weighted by atomic mass is 15.2. The van der Waals surface area contributed by atoms with Gasteiger partial charge in [-0.1, -0.05) is 18.2 Å². The number of nitrogen functional groups attached to an aromatic ring is 1. The molecule has 1 aromatic carbocycles. The van der Waals surface area contributed by atoms with Crippen LogP contribution in [-0.2, 0) is 6.54 Å². The minimum atomic E-state index is 0.404. The summed E-state index contributed by atoms with van der Waals surface area (Å²) in [6.45, 7) is 7.20. The summed E-state index contributed by atoms with van der Waals surface area (Å²) in [5.74, 6) is 0. The second-order valence-corrected chi connectivity index (χ2v) is 5.08. The van der Waals surface area contributed by atoms with Crippen molar-refractivity contribution < 1.29 is 0 Å².